The van der Waals surface area contributed by atoms with Crippen LogP contribution in [0.15, 0.2) is 78.0 Å². The number of carbonyl (C=O) groups excluding carboxylic acids is 1. The fourth-order valence-electron chi connectivity index (χ4n) is 3.57. The zero-order chi connectivity index (χ0) is 23.2. The molecule has 168 valence electrons. The maximum absolute atomic E-state index is 13.1. The smallest absolute Gasteiger partial charge is 0.230 e. The van der Waals surface area contributed by atoms with Gasteiger partial charge >= 0.3 is 0 Å². The van der Waals surface area contributed by atoms with E-state index in [1.165, 1.54) is 29.5 Å². The van der Waals surface area contributed by atoms with Crippen molar-refractivity contribution in [1.82, 2.24) is 20.1 Å². The van der Waals surface area contributed by atoms with E-state index in [0.29, 0.717) is 18.1 Å². The van der Waals surface area contributed by atoms with Gasteiger partial charge in [0, 0.05) is 13.0 Å². The summed E-state index contributed by atoms with van der Waals surface area (Å²) in [5.74, 6) is 0.611. The van der Waals surface area contributed by atoms with E-state index in [4.69, 9.17) is 0 Å². The first-order valence-electron chi connectivity index (χ1n) is 10.7. The summed E-state index contributed by atoms with van der Waals surface area (Å²) in [4.78, 5) is 12.5. The molecule has 0 atom stereocenters. The van der Waals surface area contributed by atoms with E-state index in [1.807, 2.05) is 22.8 Å². The molecule has 4 aromatic rings. The summed E-state index contributed by atoms with van der Waals surface area (Å²) in [6, 6.07) is 22.5. The summed E-state index contributed by atoms with van der Waals surface area (Å²) >= 11 is 1.35. The van der Waals surface area contributed by atoms with Crippen molar-refractivity contribution >= 4 is 17.7 Å². The van der Waals surface area contributed by atoms with Crippen LogP contribution in [0.3, 0.4) is 0 Å². The first-order chi connectivity index (χ1) is 16.0. The molecule has 0 spiro atoms. The Labute approximate surface area is 197 Å². The van der Waals surface area contributed by atoms with E-state index in [1.54, 1.807) is 12.1 Å². The van der Waals surface area contributed by atoms with Crippen LogP contribution in [0, 0.1) is 19.7 Å². The Morgan fingerprint density at radius 1 is 0.970 bits per heavy atom. The van der Waals surface area contributed by atoms with Gasteiger partial charge in [0.25, 0.3) is 0 Å². The highest BCUT2D eigenvalue weighted by molar-refractivity contribution is 7.99. The molecule has 1 amide bonds. The Morgan fingerprint density at radius 3 is 2.45 bits per heavy atom. The van der Waals surface area contributed by atoms with Gasteiger partial charge in [0.15, 0.2) is 5.16 Å². The van der Waals surface area contributed by atoms with Crippen molar-refractivity contribution in [3.8, 4) is 5.69 Å². The minimum atomic E-state index is -0.294. The maximum atomic E-state index is 13.1. The lowest BCUT2D eigenvalue weighted by Gasteiger charge is -2.14. The van der Waals surface area contributed by atoms with Crippen molar-refractivity contribution in [3.05, 3.63) is 107 Å². The lowest BCUT2D eigenvalue weighted by atomic mass is 10.1. The van der Waals surface area contributed by atoms with Gasteiger partial charge in [0.2, 0.25) is 5.91 Å². The van der Waals surface area contributed by atoms with Crippen molar-refractivity contribution < 1.29 is 9.18 Å². The van der Waals surface area contributed by atoms with Gasteiger partial charge in [-0.2, -0.15) is 0 Å². The zero-order valence-electron chi connectivity index (χ0n) is 18.6. The Morgan fingerprint density at radius 2 is 1.73 bits per heavy atom. The highest BCUT2D eigenvalue weighted by Gasteiger charge is 2.17. The van der Waals surface area contributed by atoms with Crippen LogP contribution < -0.4 is 5.32 Å². The highest BCUT2D eigenvalue weighted by atomic mass is 32.2. The zero-order valence-corrected chi connectivity index (χ0v) is 19.4. The second-order valence-electron chi connectivity index (χ2n) is 7.88. The number of rotatable bonds is 8. The molecule has 0 aliphatic rings. The number of nitrogens with one attached hydrogen (secondary N) is 1. The summed E-state index contributed by atoms with van der Waals surface area (Å²) in [5, 5.41) is 12.4. The van der Waals surface area contributed by atoms with Gasteiger partial charge in [-0.15, -0.1) is 10.2 Å². The van der Waals surface area contributed by atoms with Gasteiger partial charge in [0.1, 0.15) is 11.6 Å². The molecule has 0 radical (unpaired) electrons. The lowest BCUT2D eigenvalue weighted by Crippen LogP contribution is -2.24. The third kappa shape index (κ3) is 5.87. The van der Waals surface area contributed by atoms with Gasteiger partial charge in [-0.3, -0.25) is 9.36 Å². The number of nitrogens with zero attached hydrogens (tertiary/aromatic N) is 3. The summed E-state index contributed by atoms with van der Waals surface area (Å²) in [6.45, 7) is 4.48. The molecule has 0 fully saturated rings. The predicted molar refractivity (Wildman–Crippen MR) is 129 cm³/mol. The summed E-state index contributed by atoms with van der Waals surface area (Å²) in [6.07, 6.45) is 0.637. The number of halogens is 1. The van der Waals surface area contributed by atoms with Crippen LogP contribution in [0.1, 0.15) is 28.1 Å². The van der Waals surface area contributed by atoms with Crippen LogP contribution in [-0.4, -0.2) is 26.4 Å². The molecule has 0 saturated heterocycles. The molecule has 4 rings (SSSR count). The first-order valence-corrected chi connectivity index (χ1v) is 11.7. The summed E-state index contributed by atoms with van der Waals surface area (Å²) in [5.41, 5.74) is 5.30. The highest BCUT2D eigenvalue weighted by Crippen LogP contribution is 2.26. The molecule has 33 heavy (non-hydrogen) atoms. The molecule has 0 bridgehead atoms. The Bertz CT molecular complexity index is 1240. The van der Waals surface area contributed by atoms with E-state index < -0.39 is 0 Å². The molecule has 3 aromatic carbocycles. The van der Waals surface area contributed by atoms with Gasteiger partial charge < -0.3 is 5.32 Å². The van der Waals surface area contributed by atoms with Crippen LogP contribution in [0.4, 0.5) is 4.39 Å². The minimum absolute atomic E-state index is 0.121. The van der Waals surface area contributed by atoms with Crippen LogP contribution in [-0.2, 0) is 17.8 Å². The van der Waals surface area contributed by atoms with Crippen LogP contribution in [0.2, 0.25) is 0 Å². The Kier molecular flexibility index (Phi) is 7.19. The molecule has 1 heterocycles. The quantitative estimate of drug-likeness (QED) is 0.375. The largest absolute Gasteiger partial charge is 0.351 e. The standard InChI is InChI=1S/C26H25FN4OS/c1-18-8-13-23(19(2)14-18)31-24(15-20-6-4-3-5-7-20)29-30-26(31)33-17-25(32)28-16-21-9-11-22(27)12-10-21/h3-14H,15-17H2,1-2H3,(H,28,32). The monoisotopic (exact) mass is 460 g/mol. The third-order valence-corrected chi connectivity index (χ3v) is 6.16. The molecule has 0 aliphatic carbocycles. The topological polar surface area (TPSA) is 59.8 Å². The second kappa shape index (κ2) is 10.4. The Balaban J connectivity index is 1.52. The van der Waals surface area contributed by atoms with Crippen LogP contribution in [0.5, 0.6) is 0 Å². The summed E-state index contributed by atoms with van der Waals surface area (Å²) in [7, 11) is 0. The number of hydrogen-bond acceptors (Lipinski definition) is 4. The average Bonchev–Trinajstić information content (AvgIpc) is 3.20. The lowest BCUT2D eigenvalue weighted by molar-refractivity contribution is -0.118. The minimum Gasteiger partial charge on any atom is -0.351 e. The number of aromatic nitrogens is 3. The van der Waals surface area contributed by atoms with Crippen LogP contribution >= 0.6 is 11.8 Å². The number of aryl methyl sites for hydroxylation is 2. The predicted octanol–water partition coefficient (Wildman–Crippen LogP) is 5.02. The number of carbonyl (C=O) groups is 1. The first kappa shape index (κ1) is 22.7. The van der Waals surface area contributed by atoms with Crippen molar-refractivity contribution in [2.24, 2.45) is 0 Å². The molecule has 1 aromatic heterocycles. The maximum Gasteiger partial charge on any atom is 0.230 e. The number of amides is 1. The molecular weight excluding hydrogens is 435 g/mol. The normalized spacial score (nSPS) is 10.9. The molecular formula is C26H25FN4OS. The van der Waals surface area contributed by atoms with Crippen molar-refractivity contribution in [2.75, 3.05) is 5.75 Å². The van der Waals surface area contributed by atoms with Crippen LogP contribution in [0.25, 0.3) is 5.69 Å². The van der Waals surface area contributed by atoms with E-state index >= 15 is 0 Å². The number of thioether (sulfide) groups is 1. The average molecular weight is 461 g/mol. The molecule has 7 heteroatoms. The van der Waals surface area contributed by atoms with E-state index in [-0.39, 0.29) is 17.5 Å². The van der Waals surface area contributed by atoms with Crippen molar-refractivity contribution in [1.29, 1.82) is 0 Å². The second-order valence-corrected chi connectivity index (χ2v) is 8.82. The van der Waals surface area contributed by atoms with E-state index in [2.05, 4.69) is 59.7 Å². The molecule has 0 unspecified atom stereocenters. The number of benzene rings is 3. The van der Waals surface area contributed by atoms with E-state index in [9.17, 15) is 9.18 Å². The summed E-state index contributed by atoms with van der Waals surface area (Å²) < 4.78 is 15.1. The van der Waals surface area contributed by atoms with Crippen molar-refractivity contribution in [2.45, 2.75) is 32.0 Å². The van der Waals surface area contributed by atoms with Gasteiger partial charge in [-0.25, -0.2) is 4.39 Å². The van der Waals surface area contributed by atoms with Gasteiger partial charge in [-0.05, 0) is 48.7 Å². The number of hydrogen-bond donors (Lipinski definition) is 1. The fourth-order valence-corrected chi connectivity index (χ4v) is 4.36. The molecule has 0 aliphatic heterocycles. The Hall–Kier alpha value is -3.45. The SMILES string of the molecule is Cc1ccc(-n2c(Cc3ccccc3)nnc2SCC(=O)NCc2ccc(F)cc2)c(C)c1. The third-order valence-electron chi connectivity index (χ3n) is 5.23. The molecule has 1 N–H and O–H groups in total. The van der Waals surface area contributed by atoms with Gasteiger partial charge in [-0.1, -0.05) is 71.9 Å². The molecule has 0 saturated carbocycles. The van der Waals surface area contributed by atoms with Gasteiger partial charge in [0.05, 0.1) is 11.4 Å². The van der Waals surface area contributed by atoms with Crippen molar-refractivity contribution in [3.63, 3.8) is 0 Å². The molecule has 5 nitrogen and oxygen atoms in total. The van der Waals surface area contributed by atoms with E-state index in [0.717, 1.165) is 28.2 Å². The fraction of sp³-hybridized carbons (Fsp3) is 0.192.